The Morgan fingerprint density at radius 2 is 1.88 bits per heavy atom. The molecule has 0 aliphatic carbocycles. The first-order valence-corrected chi connectivity index (χ1v) is 5.74. The van der Waals surface area contributed by atoms with Crippen molar-refractivity contribution in [3.8, 4) is 0 Å². The lowest BCUT2D eigenvalue weighted by Crippen LogP contribution is -2.17. The van der Waals surface area contributed by atoms with E-state index in [0.717, 1.165) is 17.9 Å². The van der Waals surface area contributed by atoms with Crippen LogP contribution in [-0.2, 0) is 13.6 Å². The summed E-state index contributed by atoms with van der Waals surface area (Å²) in [7, 11) is 4.11. The standard InChI is InChI=1S/C15H18N2/c1-13(15-10-7-11-16(15)2)17(3)12-14-8-5-4-6-9-14/h4-11H,1,12H2,2-3H3. The maximum atomic E-state index is 4.16. The van der Waals surface area contributed by atoms with E-state index in [2.05, 4.69) is 53.4 Å². The Labute approximate surface area is 103 Å². The molecule has 2 aromatic rings. The smallest absolute Gasteiger partial charge is 0.0635 e. The maximum absolute atomic E-state index is 4.16. The Hall–Kier alpha value is -1.96. The lowest BCUT2D eigenvalue weighted by atomic mass is 10.2. The second-order valence-electron chi connectivity index (χ2n) is 4.29. The summed E-state index contributed by atoms with van der Waals surface area (Å²) in [6.45, 7) is 5.04. The fraction of sp³-hybridized carbons (Fsp3) is 0.200. The summed E-state index contributed by atoms with van der Waals surface area (Å²) >= 11 is 0. The normalized spacial score (nSPS) is 10.2. The minimum atomic E-state index is 0.880. The molecule has 0 saturated heterocycles. The summed E-state index contributed by atoms with van der Waals surface area (Å²) in [6.07, 6.45) is 2.04. The van der Waals surface area contributed by atoms with Crippen LogP contribution >= 0.6 is 0 Å². The molecule has 0 atom stereocenters. The van der Waals surface area contributed by atoms with Crippen LogP contribution in [0.2, 0.25) is 0 Å². The van der Waals surface area contributed by atoms with E-state index in [4.69, 9.17) is 0 Å². The molecule has 1 heterocycles. The van der Waals surface area contributed by atoms with Crippen LogP contribution in [-0.4, -0.2) is 16.5 Å². The number of aryl methyl sites for hydroxylation is 1. The lowest BCUT2D eigenvalue weighted by molar-refractivity contribution is 0.472. The van der Waals surface area contributed by atoms with Gasteiger partial charge in [0.2, 0.25) is 0 Å². The molecule has 0 aliphatic rings. The molecule has 1 aromatic carbocycles. The minimum Gasteiger partial charge on any atom is -0.369 e. The van der Waals surface area contributed by atoms with Crippen molar-refractivity contribution in [2.45, 2.75) is 6.54 Å². The topological polar surface area (TPSA) is 8.17 Å². The summed E-state index contributed by atoms with van der Waals surface area (Å²) in [5.74, 6) is 0. The Kier molecular flexibility index (Phi) is 3.33. The monoisotopic (exact) mass is 226 g/mol. The molecular weight excluding hydrogens is 208 g/mol. The average Bonchev–Trinajstić information content (AvgIpc) is 2.76. The third-order valence-corrected chi connectivity index (χ3v) is 2.96. The number of aromatic nitrogens is 1. The Morgan fingerprint density at radius 1 is 1.18 bits per heavy atom. The van der Waals surface area contributed by atoms with Gasteiger partial charge in [0.1, 0.15) is 0 Å². The largest absolute Gasteiger partial charge is 0.369 e. The highest BCUT2D eigenvalue weighted by Gasteiger charge is 2.07. The molecule has 0 aliphatic heterocycles. The number of hydrogen-bond acceptors (Lipinski definition) is 1. The summed E-state index contributed by atoms with van der Waals surface area (Å²) in [4.78, 5) is 2.17. The van der Waals surface area contributed by atoms with Gasteiger partial charge in [0.25, 0.3) is 0 Å². The van der Waals surface area contributed by atoms with Crippen LogP contribution in [0.5, 0.6) is 0 Å². The maximum Gasteiger partial charge on any atom is 0.0635 e. The zero-order valence-electron chi connectivity index (χ0n) is 10.4. The van der Waals surface area contributed by atoms with Gasteiger partial charge in [0.15, 0.2) is 0 Å². The number of benzene rings is 1. The van der Waals surface area contributed by atoms with Crippen molar-refractivity contribution >= 4 is 5.70 Å². The third-order valence-electron chi connectivity index (χ3n) is 2.96. The lowest BCUT2D eigenvalue weighted by Gasteiger charge is -2.22. The van der Waals surface area contributed by atoms with Crippen molar-refractivity contribution in [1.29, 1.82) is 0 Å². The van der Waals surface area contributed by atoms with Crippen LogP contribution in [0.3, 0.4) is 0 Å². The first-order chi connectivity index (χ1) is 8.18. The molecule has 0 radical (unpaired) electrons. The van der Waals surface area contributed by atoms with Gasteiger partial charge in [-0.05, 0) is 17.7 Å². The highest BCUT2D eigenvalue weighted by molar-refractivity contribution is 5.58. The highest BCUT2D eigenvalue weighted by Crippen LogP contribution is 2.17. The Balaban J connectivity index is 2.09. The zero-order chi connectivity index (χ0) is 12.3. The van der Waals surface area contributed by atoms with E-state index in [9.17, 15) is 0 Å². The molecule has 0 bridgehead atoms. The first kappa shape index (κ1) is 11.5. The quantitative estimate of drug-likeness (QED) is 0.777. The molecule has 0 fully saturated rings. The van der Waals surface area contributed by atoms with Gasteiger partial charge < -0.3 is 9.47 Å². The molecule has 0 N–H and O–H groups in total. The van der Waals surface area contributed by atoms with Crippen molar-refractivity contribution < 1.29 is 0 Å². The third kappa shape index (κ3) is 2.59. The molecule has 2 rings (SSSR count). The molecule has 0 unspecified atom stereocenters. The van der Waals surface area contributed by atoms with Crippen molar-refractivity contribution in [2.24, 2.45) is 7.05 Å². The van der Waals surface area contributed by atoms with E-state index in [-0.39, 0.29) is 0 Å². The predicted octanol–water partition coefficient (Wildman–Crippen LogP) is 3.13. The van der Waals surface area contributed by atoms with Crippen LogP contribution in [0.15, 0.2) is 55.2 Å². The van der Waals surface area contributed by atoms with Crippen LogP contribution < -0.4 is 0 Å². The van der Waals surface area contributed by atoms with Gasteiger partial charge in [-0.3, -0.25) is 0 Å². The van der Waals surface area contributed by atoms with E-state index in [1.165, 1.54) is 5.56 Å². The van der Waals surface area contributed by atoms with Crippen LogP contribution in [0.4, 0.5) is 0 Å². The molecule has 2 nitrogen and oxygen atoms in total. The predicted molar refractivity (Wildman–Crippen MR) is 72.4 cm³/mol. The van der Waals surface area contributed by atoms with E-state index in [1.807, 2.05) is 25.4 Å². The molecule has 1 aromatic heterocycles. The van der Waals surface area contributed by atoms with E-state index < -0.39 is 0 Å². The summed E-state index contributed by atoms with van der Waals surface area (Å²) < 4.78 is 2.09. The summed E-state index contributed by atoms with van der Waals surface area (Å²) in [6, 6.07) is 14.6. The molecule has 2 heteroatoms. The molecule has 0 saturated carbocycles. The molecule has 0 spiro atoms. The van der Waals surface area contributed by atoms with Gasteiger partial charge >= 0.3 is 0 Å². The minimum absolute atomic E-state index is 0.880. The van der Waals surface area contributed by atoms with Crippen molar-refractivity contribution in [1.82, 2.24) is 9.47 Å². The second kappa shape index (κ2) is 4.91. The van der Waals surface area contributed by atoms with Gasteiger partial charge in [-0.25, -0.2) is 0 Å². The van der Waals surface area contributed by atoms with Gasteiger partial charge in [-0.15, -0.1) is 0 Å². The average molecular weight is 226 g/mol. The fourth-order valence-corrected chi connectivity index (χ4v) is 1.91. The summed E-state index contributed by atoms with van der Waals surface area (Å²) in [5, 5.41) is 0. The van der Waals surface area contributed by atoms with Crippen LogP contribution in [0.1, 0.15) is 11.3 Å². The van der Waals surface area contributed by atoms with Crippen LogP contribution in [0, 0.1) is 0 Å². The number of nitrogens with zero attached hydrogens (tertiary/aromatic N) is 2. The van der Waals surface area contributed by atoms with Crippen molar-refractivity contribution in [3.63, 3.8) is 0 Å². The second-order valence-corrected chi connectivity index (χ2v) is 4.29. The molecule has 88 valence electrons. The Morgan fingerprint density at radius 3 is 2.47 bits per heavy atom. The van der Waals surface area contributed by atoms with Crippen molar-refractivity contribution in [2.75, 3.05) is 7.05 Å². The SMILES string of the molecule is C=C(c1cccn1C)N(C)Cc1ccccc1. The Bertz CT molecular complexity index is 497. The zero-order valence-corrected chi connectivity index (χ0v) is 10.4. The van der Waals surface area contributed by atoms with E-state index >= 15 is 0 Å². The van der Waals surface area contributed by atoms with Gasteiger partial charge in [-0.1, -0.05) is 36.9 Å². The molecular formula is C15H18N2. The highest BCUT2D eigenvalue weighted by atomic mass is 15.1. The van der Waals surface area contributed by atoms with Gasteiger partial charge in [0.05, 0.1) is 11.4 Å². The van der Waals surface area contributed by atoms with Gasteiger partial charge in [-0.2, -0.15) is 0 Å². The number of hydrogen-bond donors (Lipinski definition) is 0. The van der Waals surface area contributed by atoms with Crippen LogP contribution in [0.25, 0.3) is 5.70 Å². The van der Waals surface area contributed by atoms with E-state index in [1.54, 1.807) is 0 Å². The van der Waals surface area contributed by atoms with Gasteiger partial charge in [0, 0.05) is 26.8 Å². The fourth-order valence-electron chi connectivity index (χ4n) is 1.91. The molecule has 17 heavy (non-hydrogen) atoms. The summed E-state index contributed by atoms with van der Waals surface area (Å²) in [5.41, 5.74) is 3.50. The van der Waals surface area contributed by atoms with Crippen molar-refractivity contribution in [3.05, 3.63) is 66.5 Å². The first-order valence-electron chi connectivity index (χ1n) is 5.74. The number of rotatable bonds is 4. The molecule has 0 amide bonds. The van der Waals surface area contributed by atoms with E-state index in [0.29, 0.717) is 0 Å².